The molecule has 8 nitrogen and oxygen atoms in total. The zero-order valence-electron chi connectivity index (χ0n) is 11.1. The van der Waals surface area contributed by atoms with Gasteiger partial charge in [-0.2, -0.15) is 11.8 Å². The van der Waals surface area contributed by atoms with Crippen molar-refractivity contribution >= 4 is 29.7 Å². The van der Waals surface area contributed by atoms with Gasteiger partial charge in [0.1, 0.15) is 13.2 Å². The lowest BCUT2D eigenvalue weighted by Crippen LogP contribution is -2.45. The van der Waals surface area contributed by atoms with Gasteiger partial charge in [0.2, 0.25) is 0 Å². The third-order valence-electron chi connectivity index (χ3n) is 2.53. The Labute approximate surface area is 121 Å². The molecule has 0 aromatic rings. The summed E-state index contributed by atoms with van der Waals surface area (Å²) in [6.45, 7) is 2.20. The van der Waals surface area contributed by atoms with Gasteiger partial charge in [0, 0.05) is 37.7 Å². The summed E-state index contributed by atoms with van der Waals surface area (Å²) in [5.41, 5.74) is 0. The highest BCUT2D eigenvalue weighted by Crippen LogP contribution is 2.07. The standard InChI is InChI=1S/C11H19N3O5S/c15-9(7-19-8-10(16)17)13-11(18)12-1-2-14-3-5-20-6-4-14/h1-8H2,(H,16,17)(H2,12,13,15,18). The minimum Gasteiger partial charge on any atom is -0.480 e. The van der Waals surface area contributed by atoms with Crippen molar-refractivity contribution < 1.29 is 24.2 Å². The highest BCUT2D eigenvalue weighted by Gasteiger charge is 2.11. The van der Waals surface area contributed by atoms with Crippen molar-refractivity contribution in [1.82, 2.24) is 15.5 Å². The number of aliphatic carboxylic acids is 1. The molecule has 1 rings (SSSR count). The van der Waals surface area contributed by atoms with Crippen LogP contribution in [-0.4, -0.2) is 78.8 Å². The average Bonchev–Trinajstić information content (AvgIpc) is 2.39. The van der Waals surface area contributed by atoms with Crippen molar-refractivity contribution in [2.45, 2.75) is 0 Å². The van der Waals surface area contributed by atoms with Crippen molar-refractivity contribution in [2.75, 3.05) is 50.9 Å². The van der Waals surface area contributed by atoms with E-state index in [0.29, 0.717) is 6.54 Å². The smallest absolute Gasteiger partial charge is 0.329 e. The first-order valence-electron chi connectivity index (χ1n) is 6.25. The van der Waals surface area contributed by atoms with Gasteiger partial charge in [0.15, 0.2) is 0 Å². The van der Waals surface area contributed by atoms with Crippen molar-refractivity contribution in [3.63, 3.8) is 0 Å². The fourth-order valence-corrected chi connectivity index (χ4v) is 2.57. The van der Waals surface area contributed by atoms with Crippen molar-refractivity contribution in [3.05, 3.63) is 0 Å². The summed E-state index contributed by atoms with van der Waals surface area (Å²) in [5, 5.41) is 12.9. The third-order valence-corrected chi connectivity index (χ3v) is 3.47. The Morgan fingerprint density at radius 3 is 2.55 bits per heavy atom. The number of carboxylic acids is 1. The summed E-state index contributed by atoms with van der Waals surface area (Å²) in [7, 11) is 0. The van der Waals surface area contributed by atoms with Gasteiger partial charge in [0.05, 0.1) is 0 Å². The molecule has 9 heteroatoms. The van der Waals surface area contributed by atoms with Crippen molar-refractivity contribution in [2.24, 2.45) is 0 Å². The van der Waals surface area contributed by atoms with Gasteiger partial charge in [-0.25, -0.2) is 9.59 Å². The van der Waals surface area contributed by atoms with E-state index in [4.69, 9.17) is 5.11 Å². The fourth-order valence-electron chi connectivity index (χ4n) is 1.59. The minimum absolute atomic E-state index is 0.455. The molecule has 0 aromatic carbocycles. The van der Waals surface area contributed by atoms with Crippen molar-refractivity contribution in [3.8, 4) is 0 Å². The predicted octanol–water partition coefficient (Wildman–Crippen LogP) is -1.04. The zero-order valence-corrected chi connectivity index (χ0v) is 11.9. The molecule has 1 aliphatic rings. The molecule has 1 fully saturated rings. The molecule has 0 aromatic heterocycles. The molecule has 0 saturated carbocycles. The average molecular weight is 305 g/mol. The number of carbonyl (C=O) groups excluding carboxylic acids is 2. The molecule has 0 spiro atoms. The van der Waals surface area contributed by atoms with E-state index in [2.05, 4.69) is 20.3 Å². The second-order valence-electron chi connectivity index (χ2n) is 4.14. The van der Waals surface area contributed by atoms with E-state index < -0.39 is 31.1 Å². The number of imide groups is 1. The Kier molecular flexibility index (Phi) is 8.00. The molecule has 3 N–H and O–H groups in total. The summed E-state index contributed by atoms with van der Waals surface area (Å²) in [4.78, 5) is 34.9. The maximum absolute atomic E-state index is 11.4. The Hall–Kier alpha value is -1.32. The van der Waals surface area contributed by atoms with E-state index in [9.17, 15) is 14.4 Å². The molecule has 114 valence electrons. The number of nitrogens with one attached hydrogen (secondary N) is 2. The van der Waals surface area contributed by atoms with Crippen LogP contribution < -0.4 is 10.6 Å². The van der Waals surface area contributed by atoms with Crippen LogP contribution >= 0.6 is 11.8 Å². The molecule has 0 aliphatic carbocycles. The first-order chi connectivity index (χ1) is 9.58. The maximum Gasteiger partial charge on any atom is 0.329 e. The van der Waals surface area contributed by atoms with Gasteiger partial charge < -0.3 is 15.2 Å². The second-order valence-corrected chi connectivity index (χ2v) is 5.37. The van der Waals surface area contributed by atoms with Gasteiger partial charge in [-0.05, 0) is 0 Å². The monoisotopic (exact) mass is 305 g/mol. The minimum atomic E-state index is -1.16. The molecule has 0 unspecified atom stereocenters. The first-order valence-corrected chi connectivity index (χ1v) is 7.40. The molecule has 0 bridgehead atoms. The number of hydrogen-bond acceptors (Lipinski definition) is 6. The quantitative estimate of drug-likeness (QED) is 0.551. The summed E-state index contributed by atoms with van der Waals surface area (Å²) >= 11 is 1.91. The van der Waals surface area contributed by atoms with Crippen LogP contribution in [0.1, 0.15) is 0 Å². The Bertz CT molecular complexity index is 347. The predicted molar refractivity (Wildman–Crippen MR) is 73.8 cm³/mol. The second kappa shape index (κ2) is 9.56. The number of hydrogen-bond donors (Lipinski definition) is 3. The maximum atomic E-state index is 11.4. The van der Waals surface area contributed by atoms with Crippen LogP contribution in [0.3, 0.4) is 0 Å². The number of carboxylic acid groups (broad SMARTS) is 1. The lowest BCUT2D eigenvalue weighted by molar-refractivity contribution is -0.143. The van der Waals surface area contributed by atoms with Gasteiger partial charge >= 0.3 is 12.0 Å². The van der Waals surface area contributed by atoms with E-state index in [1.54, 1.807) is 0 Å². The summed E-state index contributed by atoms with van der Waals surface area (Å²) in [6, 6.07) is -0.597. The largest absolute Gasteiger partial charge is 0.480 e. The number of ether oxygens (including phenoxy) is 1. The van der Waals surface area contributed by atoms with Gasteiger partial charge in [-0.1, -0.05) is 0 Å². The summed E-state index contributed by atoms with van der Waals surface area (Å²) in [5.74, 6) is 0.372. The third kappa shape index (κ3) is 7.97. The van der Waals surface area contributed by atoms with Gasteiger partial charge in [-0.3, -0.25) is 15.0 Å². The number of thioether (sulfide) groups is 1. The highest BCUT2D eigenvalue weighted by molar-refractivity contribution is 7.99. The van der Waals surface area contributed by atoms with Crippen LogP contribution in [0.25, 0.3) is 0 Å². The first kappa shape index (κ1) is 16.7. The van der Waals surface area contributed by atoms with E-state index in [1.165, 1.54) is 0 Å². The van der Waals surface area contributed by atoms with Crippen LogP contribution in [0.15, 0.2) is 0 Å². The van der Waals surface area contributed by atoms with Crippen molar-refractivity contribution in [1.29, 1.82) is 0 Å². The molecule has 1 saturated heterocycles. The number of nitrogens with zero attached hydrogens (tertiary/aromatic N) is 1. The molecule has 0 radical (unpaired) electrons. The zero-order chi connectivity index (χ0) is 14.8. The normalized spacial score (nSPS) is 15.6. The number of amides is 3. The van der Waals surface area contributed by atoms with E-state index in [0.717, 1.165) is 31.1 Å². The Morgan fingerprint density at radius 2 is 1.90 bits per heavy atom. The lowest BCUT2D eigenvalue weighted by atomic mass is 10.4. The molecular weight excluding hydrogens is 286 g/mol. The Balaban J connectivity index is 2.04. The molecule has 0 atom stereocenters. The van der Waals surface area contributed by atoms with Crippen LogP contribution in [0, 0.1) is 0 Å². The lowest BCUT2D eigenvalue weighted by Gasteiger charge is -2.25. The van der Waals surface area contributed by atoms with Crippen LogP contribution in [0.2, 0.25) is 0 Å². The number of urea groups is 1. The summed E-state index contributed by atoms with van der Waals surface area (Å²) in [6.07, 6.45) is 0. The SMILES string of the molecule is O=C(O)COCC(=O)NC(=O)NCCN1CCSCC1. The molecule has 3 amide bonds. The summed E-state index contributed by atoms with van der Waals surface area (Å²) < 4.78 is 4.56. The Morgan fingerprint density at radius 1 is 1.20 bits per heavy atom. The number of rotatable bonds is 7. The molecular formula is C11H19N3O5S. The van der Waals surface area contributed by atoms with Gasteiger partial charge in [0.25, 0.3) is 5.91 Å². The number of carbonyl (C=O) groups is 3. The van der Waals surface area contributed by atoms with E-state index >= 15 is 0 Å². The van der Waals surface area contributed by atoms with E-state index in [-0.39, 0.29) is 0 Å². The van der Waals surface area contributed by atoms with Gasteiger partial charge in [-0.15, -0.1) is 0 Å². The van der Waals surface area contributed by atoms with E-state index in [1.807, 2.05) is 11.8 Å². The molecule has 1 heterocycles. The van der Waals surface area contributed by atoms with Crippen LogP contribution in [0.5, 0.6) is 0 Å². The molecule has 1 aliphatic heterocycles. The molecule has 20 heavy (non-hydrogen) atoms. The highest BCUT2D eigenvalue weighted by atomic mass is 32.2. The van der Waals surface area contributed by atoms with Crippen LogP contribution in [0.4, 0.5) is 4.79 Å². The topological polar surface area (TPSA) is 108 Å². The van der Waals surface area contributed by atoms with Crippen LogP contribution in [-0.2, 0) is 14.3 Å². The fraction of sp³-hybridized carbons (Fsp3) is 0.727.